The van der Waals surface area contributed by atoms with Crippen LogP contribution >= 0.6 is 0 Å². The van der Waals surface area contributed by atoms with E-state index in [4.69, 9.17) is 14.2 Å². The molecule has 0 saturated carbocycles. The van der Waals surface area contributed by atoms with E-state index >= 15 is 0 Å². The second-order valence-electron chi connectivity index (χ2n) is 8.74. The van der Waals surface area contributed by atoms with E-state index in [2.05, 4.69) is 5.32 Å². The minimum Gasteiger partial charge on any atom is -0.484 e. The maximum Gasteiger partial charge on any atom is 0.261 e. The first kappa shape index (κ1) is 29.5. The highest BCUT2D eigenvalue weighted by Crippen LogP contribution is 2.21. The van der Waals surface area contributed by atoms with Crippen molar-refractivity contribution in [3.05, 3.63) is 59.9 Å². The molecule has 1 N–H and O–H groups in total. The number of sulfonamides is 1. The highest BCUT2D eigenvalue weighted by molar-refractivity contribution is 7.89. The summed E-state index contributed by atoms with van der Waals surface area (Å²) in [5, 5.41) is 2.79. The molecule has 208 valence electrons. The Kier molecular flexibility index (Phi) is 11.0. The predicted octanol–water partition coefficient (Wildman–Crippen LogP) is 1.80. The third kappa shape index (κ3) is 8.22. The largest absolute Gasteiger partial charge is 0.484 e. The van der Waals surface area contributed by atoms with Gasteiger partial charge in [-0.2, -0.15) is 4.31 Å². The molecule has 2 amide bonds. The van der Waals surface area contributed by atoms with Crippen LogP contribution < -0.4 is 10.1 Å². The SMILES string of the molecule is COCCCNC(=O)[C@H](C)N(Cc1ccc(F)cc1)C(=O)COc1ccc(S(=O)(=O)N2CCOCC2)cc1. The van der Waals surface area contributed by atoms with Crippen LogP contribution in [-0.4, -0.2) is 88.7 Å². The molecule has 0 spiro atoms. The number of carbonyl (C=O) groups excluding carboxylic acids is 2. The zero-order valence-electron chi connectivity index (χ0n) is 21.6. The Bertz CT molecular complexity index is 1150. The molecule has 10 nitrogen and oxygen atoms in total. The lowest BCUT2D eigenvalue weighted by atomic mass is 10.1. The number of hydrogen-bond donors (Lipinski definition) is 1. The molecule has 0 bridgehead atoms. The number of hydrogen-bond acceptors (Lipinski definition) is 7. The third-order valence-electron chi connectivity index (χ3n) is 6.05. The van der Waals surface area contributed by atoms with E-state index in [0.29, 0.717) is 44.1 Å². The lowest BCUT2D eigenvalue weighted by molar-refractivity contribution is -0.142. The number of nitrogens with one attached hydrogen (secondary N) is 1. The van der Waals surface area contributed by atoms with E-state index in [1.165, 1.54) is 45.6 Å². The monoisotopic (exact) mass is 551 g/mol. The van der Waals surface area contributed by atoms with Crippen molar-refractivity contribution in [1.29, 1.82) is 0 Å². The topological polar surface area (TPSA) is 114 Å². The van der Waals surface area contributed by atoms with Gasteiger partial charge in [0.2, 0.25) is 15.9 Å². The summed E-state index contributed by atoms with van der Waals surface area (Å²) in [7, 11) is -2.08. The summed E-state index contributed by atoms with van der Waals surface area (Å²) in [5.74, 6) is -0.899. The molecule has 3 rings (SSSR count). The average Bonchev–Trinajstić information content (AvgIpc) is 2.94. The highest BCUT2D eigenvalue weighted by atomic mass is 32.2. The van der Waals surface area contributed by atoms with Gasteiger partial charge in [-0.3, -0.25) is 9.59 Å². The second-order valence-corrected chi connectivity index (χ2v) is 10.7. The Morgan fingerprint density at radius 3 is 2.39 bits per heavy atom. The number of methoxy groups -OCH3 is 1. The molecule has 1 aliphatic rings. The standard InChI is InChI=1S/C26H34FN3O7S/c1-20(26(32)28-12-3-15-35-2)30(18-21-4-6-22(27)7-5-21)25(31)19-37-23-8-10-24(11-9-23)38(33,34)29-13-16-36-17-14-29/h4-11,20H,3,12-19H2,1-2H3,(H,28,32)/t20-/m0/s1. The molecule has 1 aliphatic heterocycles. The van der Waals surface area contributed by atoms with Crippen LogP contribution in [0.4, 0.5) is 4.39 Å². The first-order valence-corrected chi connectivity index (χ1v) is 13.8. The van der Waals surface area contributed by atoms with E-state index in [1.807, 2.05) is 0 Å². The molecule has 0 unspecified atom stereocenters. The van der Waals surface area contributed by atoms with Crippen LogP contribution in [0, 0.1) is 5.82 Å². The summed E-state index contributed by atoms with van der Waals surface area (Å²) in [6, 6.07) is 10.7. The lowest BCUT2D eigenvalue weighted by Crippen LogP contribution is -2.49. The number of benzene rings is 2. The van der Waals surface area contributed by atoms with Gasteiger partial charge in [-0.05, 0) is 55.3 Å². The van der Waals surface area contributed by atoms with Crippen molar-refractivity contribution < 1.29 is 36.6 Å². The normalized spacial score (nSPS) is 15.0. The molecule has 1 fully saturated rings. The number of ether oxygens (including phenoxy) is 3. The van der Waals surface area contributed by atoms with E-state index in [9.17, 15) is 22.4 Å². The molecule has 1 heterocycles. The molecule has 2 aromatic carbocycles. The van der Waals surface area contributed by atoms with Gasteiger partial charge >= 0.3 is 0 Å². The van der Waals surface area contributed by atoms with E-state index < -0.39 is 27.8 Å². The van der Waals surface area contributed by atoms with Gasteiger partial charge in [0.25, 0.3) is 5.91 Å². The zero-order valence-corrected chi connectivity index (χ0v) is 22.4. The molecule has 12 heteroatoms. The van der Waals surface area contributed by atoms with Crippen molar-refractivity contribution in [3.8, 4) is 5.75 Å². The highest BCUT2D eigenvalue weighted by Gasteiger charge is 2.28. The predicted molar refractivity (Wildman–Crippen MR) is 137 cm³/mol. The van der Waals surface area contributed by atoms with E-state index in [0.717, 1.165) is 0 Å². The van der Waals surface area contributed by atoms with Crippen LogP contribution in [0.25, 0.3) is 0 Å². The number of halogens is 1. The fourth-order valence-corrected chi connectivity index (χ4v) is 5.22. The lowest BCUT2D eigenvalue weighted by Gasteiger charge is -2.29. The molecule has 1 saturated heterocycles. The van der Waals surface area contributed by atoms with E-state index in [-0.39, 0.29) is 37.0 Å². The van der Waals surface area contributed by atoms with Gasteiger partial charge in [-0.15, -0.1) is 0 Å². The Balaban J connectivity index is 1.65. The minimum atomic E-state index is -3.65. The number of rotatable bonds is 13. The summed E-state index contributed by atoms with van der Waals surface area (Å²) < 4.78 is 56.2. The number of amides is 2. The average molecular weight is 552 g/mol. The third-order valence-corrected chi connectivity index (χ3v) is 7.96. The summed E-state index contributed by atoms with van der Waals surface area (Å²) in [4.78, 5) is 27.3. The van der Waals surface area contributed by atoms with Crippen LogP contribution in [0.2, 0.25) is 0 Å². The molecule has 0 aromatic heterocycles. The van der Waals surface area contributed by atoms with Gasteiger partial charge in [0.1, 0.15) is 17.6 Å². The summed E-state index contributed by atoms with van der Waals surface area (Å²) >= 11 is 0. The molecular formula is C26H34FN3O7S. The van der Waals surface area contributed by atoms with Crippen LogP contribution in [0.5, 0.6) is 5.75 Å². The quantitative estimate of drug-likeness (QED) is 0.378. The number of carbonyl (C=O) groups is 2. The van der Waals surface area contributed by atoms with Gasteiger partial charge in [0, 0.05) is 39.9 Å². The van der Waals surface area contributed by atoms with Crippen molar-refractivity contribution >= 4 is 21.8 Å². The Morgan fingerprint density at radius 1 is 1.11 bits per heavy atom. The van der Waals surface area contributed by atoms with Crippen molar-refractivity contribution in [3.63, 3.8) is 0 Å². The maximum atomic E-state index is 13.4. The van der Waals surface area contributed by atoms with Crippen molar-refractivity contribution in [2.24, 2.45) is 0 Å². The molecule has 38 heavy (non-hydrogen) atoms. The van der Waals surface area contributed by atoms with Crippen molar-refractivity contribution in [2.45, 2.75) is 30.8 Å². The maximum absolute atomic E-state index is 13.4. The summed E-state index contributed by atoms with van der Waals surface area (Å²) in [6.07, 6.45) is 0.626. The zero-order chi connectivity index (χ0) is 27.5. The first-order chi connectivity index (χ1) is 18.2. The van der Waals surface area contributed by atoms with Crippen LogP contribution in [0.3, 0.4) is 0 Å². The van der Waals surface area contributed by atoms with Crippen LogP contribution in [0.1, 0.15) is 18.9 Å². The molecule has 0 aliphatic carbocycles. The van der Waals surface area contributed by atoms with E-state index in [1.54, 1.807) is 26.2 Å². The number of nitrogens with zero attached hydrogens (tertiary/aromatic N) is 2. The van der Waals surface area contributed by atoms with Crippen LogP contribution in [0.15, 0.2) is 53.4 Å². The fraction of sp³-hybridized carbons (Fsp3) is 0.462. The van der Waals surface area contributed by atoms with Gasteiger partial charge in [0.15, 0.2) is 6.61 Å². The first-order valence-electron chi connectivity index (χ1n) is 12.3. The molecule has 1 atom stereocenters. The molecule has 2 aromatic rings. The Morgan fingerprint density at radius 2 is 1.76 bits per heavy atom. The van der Waals surface area contributed by atoms with Gasteiger partial charge < -0.3 is 24.4 Å². The van der Waals surface area contributed by atoms with Gasteiger partial charge in [-0.1, -0.05) is 12.1 Å². The second kappa shape index (κ2) is 14.2. The Labute approximate surface area is 222 Å². The minimum absolute atomic E-state index is 0.0753. The van der Waals surface area contributed by atoms with Crippen LogP contribution in [-0.2, 0) is 35.6 Å². The van der Waals surface area contributed by atoms with Gasteiger partial charge in [0.05, 0.1) is 18.1 Å². The Hall–Kier alpha value is -3.06. The number of morpholine rings is 1. The fourth-order valence-electron chi connectivity index (χ4n) is 3.82. The summed E-state index contributed by atoms with van der Waals surface area (Å²) in [6.45, 7) is 3.47. The summed E-state index contributed by atoms with van der Waals surface area (Å²) in [5.41, 5.74) is 0.649. The molecular weight excluding hydrogens is 517 g/mol. The van der Waals surface area contributed by atoms with Crippen molar-refractivity contribution in [2.75, 3.05) is 53.2 Å². The molecule has 0 radical (unpaired) electrons. The van der Waals surface area contributed by atoms with Gasteiger partial charge in [-0.25, -0.2) is 12.8 Å². The smallest absolute Gasteiger partial charge is 0.261 e. The van der Waals surface area contributed by atoms with Crippen molar-refractivity contribution in [1.82, 2.24) is 14.5 Å².